The topological polar surface area (TPSA) is 75.0 Å². The Hall–Kier alpha value is -3.03. The molecule has 0 unspecified atom stereocenters. The number of hydrogen-bond acceptors (Lipinski definition) is 5. The van der Waals surface area contributed by atoms with Gasteiger partial charge in [0.15, 0.2) is 5.17 Å². The number of amidine groups is 2. The third-order valence-corrected chi connectivity index (χ3v) is 5.64. The number of amides is 1. The molecule has 4 rings (SSSR count). The number of carbonyl (C=O) groups excluding carboxylic acids is 1. The average molecular weight is 454 g/mol. The fourth-order valence-corrected chi connectivity index (χ4v) is 4.20. The first-order chi connectivity index (χ1) is 14.9. The molecule has 0 bridgehead atoms. The molecule has 0 saturated carbocycles. The maximum absolute atomic E-state index is 12.3. The van der Waals surface area contributed by atoms with Crippen LogP contribution in [0.15, 0.2) is 58.6 Å². The lowest BCUT2D eigenvalue weighted by Gasteiger charge is -2.22. The molecule has 1 amide bonds. The van der Waals surface area contributed by atoms with Crippen LogP contribution in [0.5, 0.6) is 11.5 Å². The molecular formula is C23H20ClN3O3S. The maximum atomic E-state index is 12.3. The summed E-state index contributed by atoms with van der Waals surface area (Å²) in [5.41, 5.74) is 3.19. The van der Waals surface area contributed by atoms with Crippen molar-refractivity contribution in [2.24, 2.45) is 4.99 Å². The third-order valence-electron chi connectivity index (χ3n) is 4.58. The highest BCUT2D eigenvalue weighted by Gasteiger charge is 2.31. The van der Waals surface area contributed by atoms with E-state index >= 15 is 0 Å². The maximum Gasteiger partial charge on any atom is 0.283 e. The van der Waals surface area contributed by atoms with Gasteiger partial charge in [-0.05, 0) is 66.3 Å². The van der Waals surface area contributed by atoms with Gasteiger partial charge in [-0.25, -0.2) is 0 Å². The molecular weight excluding hydrogens is 434 g/mol. The van der Waals surface area contributed by atoms with Crippen LogP contribution < -0.4 is 9.47 Å². The molecule has 2 aromatic carbocycles. The third kappa shape index (κ3) is 4.84. The van der Waals surface area contributed by atoms with Crippen LogP contribution in [0.2, 0.25) is 5.02 Å². The standard InChI is InChI=1S/C23H20ClN3O3S/c1-14-9-15(2)11-17(10-14)29-6-7-30-20-4-3-16(13-19(20)24)12-18-21(25)27-5-8-31-23(27)26-22(18)28/h3-5,8-13,25H,6-7H2,1-2H3/b18-12-,25-21?. The fraction of sp³-hybridized carbons (Fsp3) is 0.174. The zero-order chi connectivity index (χ0) is 22.0. The van der Waals surface area contributed by atoms with Gasteiger partial charge < -0.3 is 9.47 Å². The fourth-order valence-electron chi connectivity index (χ4n) is 3.25. The van der Waals surface area contributed by atoms with Crippen molar-refractivity contribution < 1.29 is 14.3 Å². The summed E-state index contributed by atoms with van der Waals surface area (Å²) >= 11 is 7.67. The van der Waals surface area contributed by atoms with Crippen molar-refractivity contribution in [1.29, 1.82) is 5.41 Å². The molecule has 0 radical (unpaired) electrons. The number of nitrogens with zero attached hydrogens (tertiary/aromatic N) is 2. The highest BCUT2D eigenvalue weighted by molar-refractivity contribution is 8.16. The van der Waals surface area contributed by atoms with Crippen LogP contribution in [0.3, 0.4) is 0 Å². The largest absolute Gasteiger partial charge is 0.490 e. The first kappa shape index (κ1) is 21.2. The summed E-state index contributed by atoms with van der Waals surface area (Å²) in [7, 11) is 0. The summed E-state index contributed by atoms with van der Waals surface area (Å²) in [5, 5.41) is 11.0. The van der Waals surface area contributed by atoms with Gasteiger partial charge in [0.05, 0.1) is 10.6 Å². The van der Waals surface area contributed by atoms with Crippen LogP contribution in [0.4, 0.5) is 0 Å². The van der Waals surface area contributed by atoms with E-state index in [1.165, 1.54) is 11.8 Å². The number of hydrogen-bond donors (Lipinski definition) is 1. The first-order valence-corrected chi connectivity index (χ1v) is 10.9. The zero-order valence-electron chi connectivity index (χ0n) is 17.0. The molecule has 158 valence electrons. The SMILES string of the molecule is Cc1cc(C)cc(OCCOc2ccc(/C=C3/C(=N)N4C=CSC4=NC3=O)cc2Cl)c1. The number of thioether (sulfide) groups is 1. The van der Waals surface area contributed by atoms with Crippen LogP contribution in [-0.4, -0.2) is 35.0 Å². The molecule has 2 aliphatic rings. The Morgan fingerprint density at radius 1 is 1.13 bits per heavy atom. The molecule has 2 aliphatic heterocycles. The summed E-state index contributed by atoms with van der Waals surface area (Å²) < 4.78 is 11.5. The van der Waals surface area contributed by atoms with E-state index in [-0.39, 0.29) is 11.4 Å². The molecule has 6 nitrogen and oxygen atoms in total. The summed E-state index contributed by atoms with van der Waals surface area (Å²) in [6.07, 6.45) is 3.33. The lowest BCUT2D eigenvalue weighted by atomic mass is 10.1. The second-order valence-electron chi connectivity index (χ2n) is 7.09. The van der Waals surface area contributed by atoms with Crippen molar-refractivity contribution in [3.8, 4) is 11.5 Å². The van der Waals surface area contributed by atoms with Crippen molar-refractivity contribution in [2.75, 3.05) is 13.2 Å². The Kier molecular flexibility index (Phi) is 6.15. The number of fused-ring (bicyclic) bond motifs is 1. The van der Waals surface area contributed by atoms with Gasteiger partial charge in [-0.3, -0.25) is 15.1 Å². The smallest absolute Gasteiger partial charge is 0.283 e. The van der Waals surface area contributed by atoms with E-state index in [0.29, 0.717) is 34.7 Å². The van der Waals surface area contributed by atoms with E-state index in [4.69, 9.17) is 26.5 Å². The number of nitrogens with one attached hydrogen (secondary N) is 1. The molecule has 0 saturated heterocycles. The van der Waals surface area contributed by atoms with Gasteiger partial charge in [0.25, 0.3) is 5.91 Å². The van der Waals surface area contributed by atoms with E-state index in [9.17, 15) is 4.79 Å². The zero-order valence-corrected chi connectivity index (χ0v) is 18.6. The number of rotatable bonds is 6. The number of ether oxygens (including phenoxy) is 2. The molecule has 0 atom stereocenters. The molecule has 31 heavy (non-hydrogen) atoms. The Balaban J connectivity index is 1.39. The van der Waals surface area contributed by atoms with E-state index in [0.717, 1.165) is 16.9 Å². The summed E-state index contributed by atoms with van der Waals surface area (Å²) in [6.45, 7) is 4.79. The molecule has 0 fully saturated rings. The predicted octanol–water partition coefficient (Wildman–Crippen LogP) is 5.19. The summed E-state index contributed by atoms with van der Waals surface area (Å²) in [6, 6.07) is 11.3. The van der Waals surface area contributed by atoms with Gasteiger partial charge in [0.2, 0.25) is 0 Å². The number of benzene rings is 2. The van der Waals surface area contributed by atoms with Crippen molar-refractivity contribution in [2.45, 2.75) is 13.8 Å². The Labute approximate surface area is 189 Å². The van der Waals surface area contributed by atoms with Crippen LogP contribution in [0, 0.1) is 19.3 Å². The highest BCUT2D eigenvalue weighted by atomic mass is 35.5. The van der Waals surface area contributed by atoms with Crippen molar-refractivity contribution >= 4 is 46.3 Å². The van der Waals surface area contributed by atoms with Crippen molar-refractivity contribution in [3.63, 3.8) is 0 Å². The van der Waals surface area contributed by atoms with Crippen LogP contribution in [-0.2, 0) is 4.79 Å². The Bertz CT molecular complexity index is 1140. The van der Waals surface area contributed by atoms with Gasteiger partial charge in [0.1, 0.15) is 30.5 Å². The lowest BCUT2D eigenvalue weighted by molar-refractivity contribution is -0.114. The molecule has 8 heteroatoms. The van der Waals surface area contributed by atoms with Gasteiger partial charge >= 0.3 is 0 Å². The highest BCUT2D eigenvalue weighted by Crippen LogP contribution is 2.30. The first-order valence-electron chi connectivity index (χ1n) is 9.60. The average Bonchev–Trinajstić information content (AvgIpc) is 3.17. The number of aryl methyl sites for hydroxylation is 2. The summed E-state index contributed by atoms with van der Waals surface area (Å²) in [4.78, 5) is 17.9. The van der Waals surface area contributed by atoms with Gasteiger partial charge in [-0.15, -0.1) is 0 Å². The predicted molar refractivity (Wildman–Crippen MR) is 125 cm³/mol. The number of halogens is 1. The quantitative estimate of drug-likeness (QED) is 0.481. The van der Waals surface area contributed by atoms with Crippen LogP contribution in [0.1, 0.15) is 16.7 Å². The molecule has 2 aromatic rings. The number of carbonyl (C=O) groups is 1. The minimum atomic E-state index is -0.438. The van der Waals surface area contributed by atoms with E-state index < -0.39 is 5.91 Å². The van der Waals surface area contributed by atoms with Crippen molar-refractivity contribution in [1.82, 2.24) is 4.90 Å². The monoisotopic (exact) mass is 453 g/mol. The minimum Gasteiger partial charge on any atom is -0.490 e. The van der Waals surface area contributed by atoms with Crippen molar-refractivity contribution in [3.05, 3.63) is 75.3 Å². The minimum absolute atomic E-state index is 0.0937. The molecule has 0 aromatic heterocycles. The second kappa shape index (κ2) is 8.99. The molecule has 0 spiro atoms. The van der Waals surface area contributed by atoms with E-state index in [2.05, 4.69) is 11.1 Å². The Morgan fingerprint density at radius 2 is 1.87 bits per heavy atom. The van der Waals surface area contributed by atoms with E-state index in [1.807, 2.05) is 26.0 Å². The second-order valence-corrected chi connectivity index (χ2v) is 8.37. The van der Waals surface area contributed by atoms with Crippen LogP contribution in [0.25, 0.3) is 6.08 Å². The van der Waals surface area contributed by atoms with Gasteiger partial charge in [0, 0.05) is 6.20 Å². The molecule has 1 N–H and O–H groups in total. The van der Waals surface area contributed by atoms with E-state index in [1.54, 1.807) is 40.8 Å². The van der Waals surface area contributed by atoms with Gasteiger partial charge in [-0.1, -0.05) is 35.5 Å². The Morgan fingerprint density at radius 3 is 2.61 bits per heavy atom. The number of aliphatic imine (C=N–C) groups is 1. The summed E-state index contributed by atoms with van der Waals surface area (Å²) in [5.74, 6) is 0.992. The normalized spacial score (nSPS) is 16.5. The lowest BCUT2D eigenvalue weighted by Crippen LogP contribution is -2.35. The van der Waals surface area contributed by atoms with Crippen LogP contribution >= 0.6 is 23.4 Å². The molecule has 2 heterocycles. The van der Waals surface area contributed by atoms with Gasteiger partial charge in [-0.2, -0.15) is 4.99 Å². The molecule has 0 aliphatic carbocycles.